The van der Waals surface area contributed by atoms with E-state index in [0.717, 1.165) is 15.4 Å². The summed E-state index contributed by atoms with van der Waals surface area (Å²) in [7, 11) is -3.87. The molecule has 5 nitrogen and oxygen atoms in total. The average molecular weight is 347 g/mol. The van der Waals surface area contributed by atoms with Crippen LogP contribution in [0.1, 0.15) is 18.1 Å². The lowest BCUT2D eigenvalue weighted by Gasteiger charge is -2.25. The molecule has 0 aliphatic carbocycles. The highest BCUT2D eigenvalue weighted by Crippen LogP contribution is 2.27. The van der Waals surface area contributed by atoms with Crippen LogP contribution in [0.15, 0.2) is 53.4 Å². The molecule has 0 unspecified atom stereocenters. The molecule has 24 heavy (non-hydrogen) atoms. The fourth-order valence-corrected chi connectivity index (χ4v) is 3.82. The van der Waals surface area contributed by atoms with E-state index in [1.54, 1.807) is 31.2 Å². The minimum atomic E-state index is -3.87. The van der Waals surface area contributed by atoms with Crippen molar-refractivity contribution in [2.24, 2.45) is 0 Å². The number of benzene rings is 2. The predicted molar refractivity (Wildman–Crippen MR) is 93.5 cm³/mol. The zero-order valence-electron chi connectivity index (χ0n) is 14.0. The lowest BCUT2D eigenvalue weighted by molar-refractivity contribution is -0.141. The maximum atomic E-state index is 13.1. The van der Waals surface area contributed by atoms with Crippen LogP contribution in [-0.2, 0) is 19.6 Å². The van der Waals surface area contributed by atoms with E-state index in [-0.39, 0.29) is 18.0 Å². The first-order valence-electron chi connectivity index (χ1n) is 7.67. The van der Waals surface area contributed by atoms with E-state index in [1.807, 2.05) is 26.0 Å². The highest BCUT2D eigenvalue weighted by Gasteiger charge is 2.28. The maximum Gasteiger partial charge on any atom is 0.326 e. The standard InChI is InChI=1S/C18H21NO4S/c1-4-23-18(20)13-19(17-12-14(2)10-11-15(17)3)24(21,22)16-8-6-5-7-9-16/h5-12H,4,13H2,1-3H3. The second-order valence-electron chi connectivity index (χ2n) is 5.42. The van der Waals surface area contributed by atoms with E-state index in [1.165, 1.54) is 12.1 Å². The van der Waals surface area contributed by atoms with Crippen LogP contribution in [0.5, 0.6) is 0 Å². The molecule has 0 aliphatic heterocycles. The topological polar surface area (TPSA) is 63.7 Å². The lowest BCUT2D eigenvalue weighted by atomic mass is 10.1. The first-order valence-corrected chi connectivity index (χ1v) is 9.11. The zero-order valence-corrected chi connectivity index (χ0v) is 14.8. The van der Waals surface area contributed by atoms with E-state index in [4.69, 9.17) is 4.74 Å². The molecule has 0 amide bonds. The molecule has 0 saturated heterocycles. The van der Waals surface area contributed by atoms with Gasteiger partial charge in [0.15, 0.2) is 0 Å². The van der Waals surface area contributed by atoms with Crippen LogP contribution in [0.3, 0.4) is 0 Å². The molecule has 0 bridgehead atoms. The number of ether oxygens (including phenoxy) is 1. The second-order valence-corrected chi connectivity index (χ2v) is 7.28. The van der Waals surface area contributed by atoms with Gasteiger partial charge in [-0.05, 0) is 50.1 Å². The summed E-state index contributed by atoms with van der Waals surface area (Å²) in [5.74, 6) is -0.585. The number of sulfonamides is 1. The largest absolute Gasteiger partial charge is 0.465 e. The summed E-state index contributed by atoms with van der Waals surface area (Å²) < 4.78 is 32.2. The van der Waals surface area contributed by atoms with Crippen LogP contribution in [0, 0.1) is 13.8 Å². The van der Waals surface area contributed by atoms with Crippen LogP contribution in [0.4, 0.5) is 5.69 Å². The summed E-state index contributed by atoms with van der Waals surface area (Å²) in [4.78, 5) is 12.1. The number of carbonyl (C=O) groups is 1. The van der Waals surface area contributed by atoms with E-state index < -0.39 is 16.0 Å². The van der Waals surface area contributed by atoms with Gasteiger partial charge in [0.2, 0.25) is 0 Å². The molecule has 0 aliphatic rings. The average Bonchev–Trinajstić information content (AvgIpc) is 2.56. The molecule has 0 atom stereocenters. The van der Waals surface area contributed by atoms with Crippen molar-refractivity contribution in [2.45, 2.75) is 25.7 Å². The number of hydrogen-bond donors (Lipinski definition) is 0. The molecule has 0 radical (unpaired) electrons. The number of rotatable bonds is 6. The van der Waals surface area contributed by atoms with Crippen molar-refractivity contribution in [3.63, 3.8) is 0 Å². The van der Waals surface area contributed by atoms with Gasteiger partial charge >= 0.3 is 5.97 Å². The van der Waals surface area contributed by atoms with Crippen LogP contribution < -0.4 is 4.31 Å². The SMILES string of the molecule is CCOC(=O)CN(c1cc(C)ccc1C)S(=O)(=O)c1ccccc1. The van der Waals surface area contributed by atoms with E-state index >= 15 is 0 Å². The van der Waals surface area contributed by atoms with Gasteiger partial charge in [-0.1, -0.05) is 30.3 Å². The van der Waals surface area contributed by atoms with Crippen LogP contribution >= 0.6 is 0 Å². The quantitative estimate of drug-likeness (QED) is 0.754. The molecular weight excluding hydrogens is 326 g/mol. The Morgan fingerprint density at radius 3 is 2.38 bits per heavy atom. The van der Waals surface area contributed by atoms with Crippen molar-refractivity contribution in [3.05, 3.63) is 59.7 Å². The molecule has 2 aromatic rings. The highest BCUT2D eigenvalue weighted by atomic mass is 32.2. The Kier molecular flexibility index (Phi) is 5.62. The molecule has 0 heterocycles. The van der Waals surface area contributed by atoms with Gasteiger partial charge in [-0.2, -0.15) is 0 Å². The van der Waals surface area contributed by atoms with E-state index in [0.29, 0.717) is 5.69 Å². The third kappa shape index (κ3) is 3.94. The summed E-state index contributed by atoms with van der Waals surface area (Å²) in [5.41, 5.74) is 2.16. The molecule has 0 aromatic heterocycles. The fraction of sp³-hybridized carbons (Fsp3) is 0.278. The van der Waals surface area contributed by atoms with Gasteiger partial charge in [0.1, 0.15) is 6.54 Å². The monoisotopic (exact) mass is 347 g/mol. The molecule has 0 saturated carbocycles. The van der Waals surface area contributed by atoms with Gasteiger partial charge in [-0.15, -0.1) is 0 Å². The molecule has 2 aromatic carbocycles. The molecule has 128 valence electrons. The van der Waals surface area contributed by atoms with Gasteiger partial charge in [0, 0.05) is 0 Å². The van der Waals surface area contributed by atoms with Crippen LogP contribution in [-0.4, -0.2) is 27.5 Å². The number of carbonyl (C=O) groups excluding carboxylic acids is 1. The van der Waals surface area contributed by atoms with Crippen molar-refractivity contribution in [2.75, 3.05) is 17.5 Å². The third-order valence-electron chi connectivity index (χ3n) is 3.54. The molecule has 0 N–H and O–H groups in total. The zero-order chi connectivity index (χ0) is 17.7. The van der Waals surface area contributed by atoms with Crippen molar-refractivity contribution < 1.29 is 17.9 Å². The Labute approximate surface area is 142 Å². The maximum absolute atomic E-state index is 13.1. The molecule has 6 heteroatoms. The Balaban J connectivity index is 2.55. The lowest BCUT2D eigenvalue weighted by Crippen LogP contribution is -2.37. The summed E-state index contributed by atoms with van der Waals surface area (Å²) in [6, 6.07) is 13.6. The van der Waals surface area contributed by atoms with Crippen LogP contribution in [0.25, 0.3) is 0 Å². The highest BCUT2D eigenvalue weighted by molar-refractivity contribution is 7.92. The van der Waals surface area contributed by atoms with Crippen molar-refractivity contribution in [1.29, 1.82) is 0 Å². The Bertz CT molecular complexity index is 816. The summed E-state index contributed by atoms with van der Waals surface area (Å²) >= 11 is 0. The molecule has 0 spiro atoms. The van der Waals surface area contributed by atoms with Gasteiger partial charge < -0.3 is 4.74 Å². The minimum Gasteiger partial charge on any atom is -0.465 e. The van der Waals surface area contributed by atoms with Gasteiger partial charge in [-0.3, -0.25) is 9.10 Å². The molecular formula is C18H21NO4S. The Morgan fingerprint density at radius 1 is 1.08 bits per heavy atom. The third-order valence-corrected chi connectivity index (χ3v) is 5.32. The van der Waals surface area contributed by atoms with Gasteiger partial charge in [-0.25, -0.2) is 8.42 Å². The predicted octanol–water partition coefficient (Wildman–Crippen LogP) is 3.06. The first kappa shape index (κ1) is 18.0. The van der Waals surface area contributed by atoms with Crippen molar-refractivity contribution >= 4 is 21.7 Å². The Morgan fingerprint density at radius 2 is 1.75 bits per heavy atom. The van der Waals surface area contributed by atoms with Crippen molar-refractivity contribution in [3.8, 4) is 0 Å². The number of esters is 1. The normalized spacial score (nSPS) is 11.1. The number of hydrogen-bond acceptors (Lipinski definition) is 4. The minimum absolute atomic E-state index is 0.134. The Hall–Kier alpha value is -2.34. The molecule has 0 fully saturated rings. The fourth-order valence-electron chi connectivity index (χ4n) is 2.33. The van der Waals surface area contributed by atoms with E-state index in [9.17, 15) is 13.2 Å². The summed E-state index contributed by atoms with van der Waals surface area (Å²) in [6.45, 7) is 5.21. The van der Waals surface area contributed by atoms with Crippen molar-refractivity contribution in [1.82, 2.24) is 0 Å². The van der Waals surface area contributed by atoms with Gasteiger partial charge in [0.05, 0.1) is 17.2 Å². The van der Waals surface area contributed by atoms with Crippen LogP contribution in [0.2, 0.25) is 0 Å². The number of nitrogens with zero attached hydrogens (tertiary/aromatic N) is 1. The second kappa shape index (κ2) is 7.49. The number of anilines is 1. The summed E-state index contributed by atoms with van der Waals surface area (Å²) in [6.07, 6.45) is 0. The smallest absolute Gasteiger partial charge is 0.326 e. The number of aryl methyl sites for hydroxylation is 2. The van der Waals surface area contributed by atoms with Gasteiger partial charge in [0.25, 0.3) is 10.0 Å². The first-order chi connectivity index (χ1) is 11.4. The summed E-state index contributed by atoms with van der Waals surface area (Å²) in [5, 5.41) is 0. The van der Waals surface area contributed by atoms with E-state index in [2.05, 4.69) is 0 Å². The molecule has 2 rings (SSSR count).